The van der Waals surface area contributed by atoms with Crippen molar-refractivity contribution in [2.75, 3.05) is 43.1 Å². The number of hydrazine groups is 1. The van der Waals surface area contributed by atoms with E-state index in [2.05, 4.69) is 39.7 Å². The Morgan fingerprint density at radius 2 is 2.00 bits per heavy atom. The van der Waals surface area contributed by atoms with Crippen LogP contribution in [0.3, 0.4) is 0 Å². The molecule has 1 heterocycles. The molecule has 4 N–H and O–H groups in total. The molecule has 0 radical (unpaired) electrons. The number of nitrogens with zero attached hydrogens (tertiary/aromatic N) is 2. The summed E-state index contributed by atoms with van der Waals surface area (Å²) in [4.78, 5) is 6.71. The van der Waals surface area contributed by atoms with Gasteiger partial charge in [-0.05, 0) is 30.7 Å². The molecule has 1 aromatic carbocycles. The lowest BCUT2D eigenvalue weighted by Gasteiger charge is -2.28. The second-order valence-electron chi connectivity index (χ2n) is 5.00. The highest BCUT2D eigenvalue weighted by Gasteiger charge is 2.10. The van der Waals surface area contributed by atoms with Gasteiger partial charge in [0.2, 0.25) is 5.96 Å². The Balaban J connectivity index is 1.93. The highest BCUT2D eigenvalue weighted by molar-refractivity contribution is 5.93. The number of hydrogen-bond acceptors (Lipinski definition) is 4. The standard InChI is InChI=1S/C15H25N5O/c1-2-3-8-17-15(19-16)18-13-4-6-14(7-5-13)20-9-11-21-12-10-20/h4-7H,2-3,8-12,16H2,1H3,(H2,17,18,19). The lowest BCUT2D eigenvalue weighted by atomic mass is 10.2. The monoisotopic (exact) mass is 291 g/mol. The van der Waals surface area contributed by atoms with Crippen molar-refractivity contribution in [2.45, 2.75) is 19.8 Å². The number of morpholine rings is 1. The Hall–Kier alpha value is -1.79. The topological polar surface area (TPSA) is 74.9 Å². The van der Waals surface area contributed by atoms with Crippen molar-refractivity contribution in [1.29, 1.82) is 0 Å². The fourth-order valence-corrected chi connectivity index (χ4v) is 2.18. The second-order valence-corrected chi connectivity index (χ2v) is 5.00. The van der Waals surface area contributed by atoms with Crippen molar-refractivity contribution in [3.05, 3.63) is 24.3 Å². The summed E-state index contributed by atoms with van der Waals surface area (Å²) in [7, 11) is 0. The molecule has 0 unspecified atom stereocenters. The molecule has 1 aliphatic rings. The zero-order valence-corrected chi connectivity index (χ0v) is 12.6. The largest absolute Gasteiger partial charge is 0.378 e. The molecule has 1 saturated heterocycles. The van der Waals surface area contributed by atoms with Gasteiger partial charge in [-0.3, -0.25) is 10.4 Å². The summed E-state index contributed by atoms with van der Waals surface area (Å²) in [5, 5.41) is 3.19. The first-order valence-corrected chi connectivity index (χ1v) is 7.54. The highest BCUT2D eigenvalue weighted by Crippen LogP contribution is 2.18. The van der Waals surface area contributed by atoms with Gasteiger partial charge in [0.05, 0.1) is 13.2 Å². The van der Waals surface area contributed by atoms with Gasteiger partial charge in [-0.25, -0.2) is 5.84 Å². The number of nitrogens with two attached hydrogens (primary N) is 1. The van der Waals surface area contributed by atoms with Crippen LogP contribution in [0.5, 0.6) is 0 Å². The van der Waals surface area contributed by atoms with Gasteiger partial charge in [0.1, 0.15) is 0 Å². The average molecular weight is 291 g/mol. The summed E-state index contributed by atoms with van der Waals surface area (Å²) in [5.74, 6) is 6.08. The Morgan fingerprint density at radius 3 is 2.62 bits per heavy atom. The van der Waals surface area contributed by atoms with Crippen LogP contribution in [0, 0.1) is 0 Å². The fourth-order valence-electron chi connectivity index (χ4n) is 2.18. The smallest absolute Gasteiger partial charge is 0.210 e. The molecule has 1 fully saturated rings. The van der Waals surface area contributed by atoms with Crippen LogP contribution in [0.2, 0.25) is 0 Å². The third-order valence-electron chi connectivity index (χ3n) is 3.42. The molecule has 0 amide bonds. The number of rotatable bonds is 5. The summed E-state index contributed by atoms with van der Waals surface area (Å²) in [6.07, 6.45) is 2.18. The second kappa shape index (κ2) is 8.49. The molecule has 0 atom stereocenters. The molecular weight excluding hydrogens is 266 g/mol. The number of aliphatic imine (C=N–C) groups is 1. The molecule has 6 nitrogen and oxygen atoms in total. The van der Waals surface area contributed by atoms with Gasteiger partial charge < -0.3 is 15.0 Å². The van der Waals surface area contributed by atoms with E-state index in [1.165, 1.54) is 5.69 Å². The maximum absolute atomic E-state index is 5.48. The van der Waals surface area contributed by atoms with Gasteiger partial charge in [-0.15, -0.1) is 0 Å². The first-order chi connectivity index (χ1) is 10.3. The van der Waals surface area contributed by atoms with Crippen LogP contribution in [0.1, 0.15) is 19.8 Å². The normalized spacial score (nSPS) is 15.9. The molecule has 2 rings (SSSR count). The van der Waals surface area contributed by atoms with Crippen LogP contribution < -0.4 is 21.5 Å². The van der Waals surface area contributed by atoms with Crippen molar-refractivity contribution >= 4 is 17.3 Å². The zero-order valence-electron chi connectivity index (χ0n) is 12.6. The highest BCUT2D eigenvalue weighted by atomic mass is 16.5. The van der Waals surface area contributed by atoms with Crippen molar-refractivity contribution in [2.24, 2.45) is 10.8 Å². The molecular formula is C15H25N5O. The van der Waals surface area contributed by atoms with E-state index in [1.807, 2.05) is 12.1 Å². The third kappa shape index (κ3) is 4.91. The van der Waals surface area contributed by atoms with Crippen LogP contribution in [0.15, 0.2) is 29.3 Å². The molecule has 0 spiro atoms. The Bertz CT molecular complexity index is 440. The maximum atomic E-state index is 5.48. The fraction of sp³-hybridized carbons (Fsp3) is 0.533. The number of ether oxygens (including phenoxy) is 1. The van der Waals surface area contributed by atoms with Gasteiger partial charge in [0, 0.05) is 31.0 Å². The number of guanidine groups is 1. The summed E-state index contributed by atoms with van der Waals surface area (Å²) in [6.45, 7) is 6.40. The Labute approximate surface area is 126 Å². The Morgan fingerprint density at radius 1 is 1.29 bits per heavy atom. The van der Waals surface area contributed by atoms with E-state index in [0.29, 0.717) is 5.96 Å². The Kier molecular flexibility index (Phi) is 6.30. The number of anilines is 2. The van der Waals surface area contributed by atoms with Crippen LogP contribution in [0.4, 0.5) is 11.4 Å². The van der Waals surface area contributed by atoms with Crippen molar-refractivity contribution < 1.29 is 4.74 Å². The van der Waals surface area contributed by atoms with E-state index in [1.54, 1.807) is 0 Å². The molecule has 0 bridgehead atoms. The predicted molar refractivity (Wildman–Crippen MR) is 87.6 cm³/mol. The van der Waals surface area contributed by atoms with Crippen molar-refractivity contribution in [1.82, 2.24) is 5.43 Å². The minimum absolute atomic E-state index is 0.600. The minimum Gasteiger partial charge on any atom is -0.378 e. The molecule has 0 saturated carbocycles. The molecule has 6 heteroatoms. The number of benzene rings is 1. The average Bonchev–Trinajstić information content (AvgIpc) is 2.55. The predicted octanol–water partition coefficient (Wildman–Crippen LogP) is 1.55. The number of hydrogen-bond donors (Lipinski definition) is 3. The molecule has 1 aliphatic heterocycles. The van der Waals surface area contributed by atoms with E-state index < -0.39 is 0 Å². The van der Waals surface area contributed by atoms with Gasteiger partial charge in [-0.1, -0.05) is 13.3 Å². The van der Waals surface area contributed by atoms with E-state index in [-0.39, 0.29) is 0 Å². The zero-order chi connectivity index (χ0) is 14.9. The lowest BCUT2D eigenvalue weighted by molar-refractivity contribution is 0.122. The molecule has 0 aromatic heterocycles. The van der Waals surface area contributed by atoms with Gasteiger partial charge in [-0.2, -0.15) is 0 Å². The van der Waals surface area contributed by atoms with Gasteiger partial charge >= 0.3 is 0 Å². The third-order valence-corrected chi connectivity index (χ3v) is 3.42. The van der Waals surface area contributed by atoms with Crippen LogP contribution in [-0.4, -0.2) is 38.8 Å². The van der Waals surface area contributed by atoms with E-state index in [9.17, 15) is 0 Å². The SMILES string of the molecule is CCCCN=C(NN)Nc1ccc(N2CCOCC2)cc1. The summed E-state index contributed by atoms with van der Waals surface area (Å²) in [5.41, 5.74) is 4.79. The number of nitrogens with one attached hydrogen (secondary N) is 2. The van der Waals surface area contributed by atoms with Crippen molar-refractivity contribution in [3.8, 4) is 0 Å². The summed E-state index contributed by atoms with van der Waals surface area (Å²) in [6, 6.07) is 8.29. The summed E-state index contributed by atoms with van der Waals surface area (Å²) < 4.78 is 5.37. The van der Waals surface area contributed by atoms with E-state index in [0.717, 1.165) is 51.4 Å². The lowest BCUT2D eigenvalue weighted by Crippen LogP contribution is -2.37. The van der Waals surface area contributed by atoms with Crippen LogP contribution >= 0.6 is 0 Å². The minimum atomic E-state index is 0.600. The molecule has 0 aliphatic carbocycles. The molecule has 1 aromatic rings. The van der Waals surface area contributed by atoms with Crippen LogP contribution in [-0.2, 0) is 4.74 Å². The first kappa shape index (κ1) is 15.6. The first-order valence-electron chi connectivity index (χ1n) is 7.54. The van der Waals surface area contributed by atoms with Gasteiger partial charge in [0.15, 0.2) is 0 Å². The summed E-state index contributed by atoms with van der Waals surface area (Å²) >= 11 is 0. The number of unbranched alkanes of at least 4 members (excludes halogenated alkanes) is 1. The van der Waals surface area contributed by atoms with Crippen molar-refractivity contribution in [3.63, 3.8) is 0 Å². The quantitative estimate of drug-likeness (QED) is 0.252. The van der Waals surface area contributed by atoms with E-state index in [4.69, 9.17) is 10.6 Å². The van der Waals surface area contributed by atoms with Crippen LogP contribution in [0.25, 0.3) is 0 Å². The molecule has 21 heavy (non-hydrogen) atoms. The van der Waals surface area contributed by atoms with Gasteiger partial charge in [0.25, 0.3) is 0 Å². The molecule has 116 valence electrons. The van der Waals surface area contributed by atoms with E-state index >= 15 is 0 Å². The maximum Gasteiger partial charge on any atom is 0.210 e.